The van der Waals surface area contributed by atoms with Crippen molar-refractivity contribution in [1.29, 1.82) is 0 Å². The van der Waals surface area contributed by atoms with Gasteiger partial charge in [0, 0.05) is 17.1 Å². The van der Waals surface area contributed by atoms with E-state index in [1.807, 2.05) is 32.6 Å². The van der Waals surface area contributed by atoms with Crippen LogP contribution in [0.4, 0.5) is 5.69 Å². The molecule has 0 bridgehead atoms. The first-order chi connectivity index (χ1) is 12.4. The van der Waals surface area contributed by atoms with Crippen LogP contribution in [-0.4, -0.2) is 40.2 Å². The molecule has 148 valence electrons. The van der Waals surface area contributed by atoms with Gasteiger partial charge in [-0.15, -0.1) is 0 Å². The molecule has 3 N–H and O–H groups in total. The number of β-lactam (4-membered cyclic amide) rings is 1. The number of rotatable bonds is 4. The Hall–Kier alpha value is -2.57. The number of amides is 3. The number of benzene rings is 1. The summed E-state index contributed by atoms with van der Waals surface area (Å²) in [6.45, 7) is 13.2. The lowest BCUT2D eigenvalue weighted by molar-refractivity contribution is -0.159. The summed E-state index contributed by atoms with van der Waals surface area (Å²) in [4.78, 5) is 38.9. The average Bonchev–Trinajstić information content (AvgIpc) is 2.55. The molecule has 1 saturated heterocycles. The standard InChI is InChI=1S/C20H30N4O3/c1-12(2)24-17(26)15(20(24,6)7)21-14-11-9-8-10-13(14)16(25)22-23-18(27)19(3,4)5/h8-12,15,21H,1-7H3,(H,22,25)(H,23,27). The van der Waals surface area contributed by atoms with Crippen LogP contribution in [0.1, 0.15) is 58.8 Å². The number of carbonyl (C=O) groups is 3. The lowest BCUT2D eigenvalue weighted by Gasteiger charge is -2.56. The van der Waals surface area contributed by atoms with Gasteiger partial charge in [-0.1, -0.05) is 32.9 Å². The highest BCUT2D eigenvalue weighted by Gasteiger charge is 2.55. The molecule has 1 atom stereocenters. The summed E-state index contributed by atoms with van der Waals surface area (Å²) in [5.74, 6) is -0.726. The molecule has 7 nitrogen and oxygen atoms in total. The van der Waals surface area contributed by atoms with E-state index in [1.165, 1.54) is 0 Å². The Kier molecular flexibility index (Phi) is 5.54. The van der Waals surface area contributed by atoms with Crippen LogP contribution in [0, 0.1) is 5.41 Å². The van der Waals surface area contributed by atoms with Crippen LogP contribution in [0.5, 0.6) is 0 Å². The lowest BCUT2D eigenvalue weighted by atomic mass is 9.80. The van der Waals surface area contributed by atoms with E-state index >= 15 is 0 Å². The molecule has 1 aromatic rings. The van der Waals surface area contributed by atoms with Gasteiger partial charge in [-0.25, -0.2) is 0 Å². The molecular weight excluding hydrogens is 344 g/mol. The maximum atomic E-state index is 12.5. The first-order valence-electron chi connectivity index (χ1n) is 9.17. The number of anilines is 1. The van der Waals surface area contributed by atoms with Gasteiger partial charge in [0.25, 0.3) is 5.91 Å². The molecule has 0 radical (unpaired) electrons. The quantitative estimate of drug-likeness (QED) is 0.557. The second-order valence-electron chi connectivity index (χ2n) is 8.74. The molecular formula is C20H30N4O3. The number of nitrogens with one attached hydrogen (secondary N) is 3. The largest absolute Gasteiger partial charge is 0.371 e. The van der Waals surface area contributed by atoms with E-state index in [2.05, 4.69) is 16.2 Å². The molecule has 1 aromatic carbocycles. The van der Waals surface area contributed by atoms with Gasteiger partial charge in [-0.2, -0.15) is 0 Å². The van der Waals surface area contributed by atoms with E-state index in [4.69, 9.17) is 0 Å². The van der Waals surface area contributed by atoms with Gasteiger partial charge in [-0.3, -0.25) is 25.2 Å². The molecule has 0 aromatic heterocycles. The van der Waals surface area contributed by atoms with Crippen molar-refractivity contribution in [3.8, 4) is 0 Å². The molecule has 1 aliphatic rings. The highest BCUT2D eigenvalue weighted by Crippen LogP contribution is 2.36. The van der Waals surface area contributed by atoms with E-state index < -0.39 is 17.4 Å². The van der Waals surface area contributed by atoms with Crippen LogP contribution < -0.4 is 16.2 Å². The summed E-state index contributed by atoms with van der Waals surface area (Å²) in [6, 6.07) is 6.62. The van der Waals surface area contributed by atoms with E-state index in [1.54, 1.807) is 45.0 Å². The van der Waals surface area contributed by atoms with Crippen LogP contribution in [-0.2, 0) is 9.59 Å². The zero-order valence-electron chi connectivity index (χ0n) is 17.1. The SMILES string of the molecule is CC(C)N1C(=O)C(Nc2ccccc2C(=O)NNC(=O)C(C)(C)C)C1(C)C. The molecule has 0 spiro atoms. The van der Waals surface area contributed by atoms with E-state index in [0.29, 0.717) is 11.3 Å². The summed E-state index contributed by atoms with van der Waals surface area (Å²) >= 11 is 0. The minimum atomic E-state index is -0.617. The van der Waals surface area contributed by atoms with Gasteiger partial charge in [0.1, 0.15) is 6.04 Å². The Morgan fingerprint density at radius 3 is 2.22 bits per heavy atom. The topological polar surface area (TPSA) is 90.5 Å². The number of hydrogen-bond donors (Lipinski definition) is 3. The summed E-state index contributed by atoms with van der Waals surface area (Å²) in [5.41, 5.74) is 4.80. The van der Waals surface area contributed by atoms with E-state index in [-0.39, 0.29) is 23.4 Å². The molecule has 1 aliphatic heterocycles. The van der Waals surface area contributed by atoms with Crippen LogP contribution in [0.25, 0.3) is 0 Å². The van der Waals surface area contributed by atoms with Crippen molar-refractivity contribution in [3.63, 3.8) is 0 Å². The first-order valence-corrected chi connectivity index (χ1v) is 9.17. The van der Waals surface area contributed by atoms with Crippen molar-refractivity contribution >= 4 is 23.4 Å². The third-order valence-corrected chi connectivity index (χ3v) is 4.77. The fourth-order valence-corrected chi connectivity index (χ4v) is 3.29. The Balaban J connectivity index is 2.14. The molecule has 1 heterocycles. The molecule has 3 amide bonds. The van der Waals surface area contributed by atoms with Gasteiger partial charge < -0.3 is 10.2 Å². The minimum absolute atomic E-state index is 0.00578. The van der Waals surface area contributed by atoms with Crippen molar-refractivity contribution in [3.05, 3.63) is 29.8 Å². The van der Waals surface area contributed by atoms with Crippen LogP contribution >= 0.6 is 0 Å². The predicted molar refractivity (Wildman–Crippen MR) is 105 cm³/mol. The average molecular weight is 374 g/mol. The first kappa shape index (κ1) is 20.7. The number of carbonyl (C=O) groups excluding carboxylic acids is 3. The van der Waals surface area contributed by atoms with Gasteiger partial charge in [-0.05, 0) is 39.8 Å². The Morgan fingerprint density at radius 2 is 1.70 bits per heavy atom. The second kappa shape index (κ2) is 7.21. The van der Waals surface area contributed by atoms with Crippen molar-refractivity contribution in [2.45, 2.75) is 66.1 Å². The van der Waals surface area contributed by atoms with Crippen molar-refractivity contribution in [2.24, 2.45) is 5.41 Å². The zero-order valence-corrected chi connectivity index (χ0v) is 17.1. The number of para-hydroxylation sites is 1. The summed E-state index contributed by atoms with van der Waals surface area (Å²) in [7, 11) is 0. The smallest absolute Gasteiger partial charge is 0.271 e. The fourth-order valence-electron chi connectivity index (χ4n) is 3.29. The Morgan fingerprint density at radius 1 is 1.11 bits per heavy atom. The Labute approximate surface area is 160 Å². The van der Waals surface area contributed by atoms with Gasteiger partial charge >= 0.3 is 0 Å². The van der Waals surface area contributed by atoms with E-state index in [9.17, 15) is 14.4 Å². The summed E-state index contributed by atoms with van der Waals surface area (Å²) in [6.07, 6.45) is 0. The molecule has 2 rings (SSSR count). The maximum absolute atomic E-state index is 12.5. The van der Waals surface area contributed by atoms with Crippen molar-refractivity contribution in [1.82, 2.24) is 15.8 Å². The molecule has 0 aliphatic carbocycles. The molecule has 1 unspecified atom stereocenters. The normalized spacial score (nSPS) is 18.7. The van der Waals surface area contributed by atoms with Gasteiger partial charge in [0.15, 0.2) is 0 Å². The predicted octanol–water partition coefficient (Wildman–Crippen LogP) is 2.30. The van der Waals surface area contributed by atoms with Gasteiger partial charge in [0.05, 0.1) is 11.1 Å². The number of likely N-dealkylation sites (tertiary alicyclic amines) is 1. The number of nitrogens with zero attached hydrogens (tertiary/aromatic N) is 1. The highest BCUT2D eigenvalue weighted by molar-refractivity contribution is 6.02. The monoisotopic (exact) mass is 374 g/mol. The molecule has 7 heteroatoms. The van der Waals surface area contributed by atoms with Crippen LogP contribution in [0.3, 0.4) is 0 Å². The van der Waals surface area contributed by atoms with Crippen molar-refractivity contribution in [2.75, 3.05) is 5.32 Å². The van der Waals surface area contributed by atoms with E-state index in [0.717, 1.165) is 0 Å². The van der Waals surface area contributed by atoms with Gasteiger partial charge in [0.2, 0.25) is 11.8 Å². The third kappa shape index (κ3) is 4.07. The molecule has 27 heavy (non-hydrogen) atoms. The number of hydrogen-bond acceptors (Lipinski definition) is 4. The summed E-state index contributed by atoms with van der Waals surface area (Å²) < 4.78 is 0. The minimum Gasteiger partial charge on any atom is -0.371 e. The maximum Gasteiger partial charge on any atom is 0.271 e. The van der Waals surface area contributed by atoms with Crippen LogP contribution in [0.2, 0.25) is 0 Å². The Bertz CT molecular complexity index is 750. The van der Waals surface area contributed by atoms with Crippen molar-refractivity contribution < 1.29 is 14.4 Å². The fraction of sp³-hybridized carbons (Fsp3) is 0.550. The number of hydrazine groups is 1. The third-order valence-electron chi connectivity index (χ3n) is 4.77. The lowest BCUT2D eigenvalue weighted by Crippen LogP contribution is -2.75. The summed E-state index contributed by atoms with van der Waals surface area (Å²) in [5, 5.41) is 3.21. The van der Waals surface area contributed by atoms with Crippen LogP contribution in [0.15, 0.2) is 24.3 Å². The second-order valence-corrected chi connectivity index (χ2v) is 8.74. The zero-order chi connectivity index (χ0) is 20.6. The molecule has 1 fully saturated rings. The highest BCUT2D eigenvalue weighted by atomic mass is 16.2. The molecule has 0 saturated carbocycles.